The van der Waals surface area contributed by atoms with Crippen LogP contribution in [0.15, 0.2) is 23.1 Å². The summed E-state index contributed by atoms with van der Waals surface area (Å²) in [4.78, 5) is 31.9. The Hall–Kier alpha value is -2.77. The first-order valence-corrected chi connectivity index (χ1v) is 8.53. The normalized spacial score (nSPS) is 18.2. The molecule has 4 heterocycles. The lowest BCUT2D eigenvalue weighted by molar-refractivity contribution is -0.133. The van der Waals surface area contributed by atoms with Gasteiger partial charge in [-0.15, -0.1) is 10.2 Å². The van der Waals surface area contributed by atoms with E-state index in [4.69, 9.17) is 0 Å². The molecule has 1 fully saturated rings. The Balaban J connectivity index is 1.82. The molecule has 1 aliphatic rings. The molecule has 0 radical (unpaired) electrons. The Kier molecular flexibility index (Phi) is 3.74. The van der Waals surface area contributed by atoms with Crippen molar-refractivity contribution < 1.29 is 4.79 Å². The van der Waals surface area contributed by atoms with Crippen LogP contribution in [0.5, 0.6) is 0 Å². The highest BCUT2D eigenvalue weighted by Gasteiger charge is 2.23. The second-order valence-corrected chi connectivity index (χ2v) is 6.73. The van der Waals surface area contributed by atoms with Gasteiger partial charge in [-0.3, -0.25) is 18.6 Å². The van der Waals surface area contributed by atoms with Crippen LogP contribution < -0.4 is 5.56 Å². The number of nitrogens with zero attached hydrogens (tertiary/aromatic N) is 6. The number of piperidine rings is 1. The Morgan fingerprint density at radius 3 is 2.96 bits per heavy atom. The second kappa shape index (κ2) is 5.94. The van der Waals surface area contributed by atoms with Crippen LogP contribution in [-0.4, -0.2) is 48.0 Å². The number of aryl methyl sites for hydroxylation is 1. The highest BCUT2D eigenvalue weighted by molar-refractivity contribution is 5.80. The lowest BCUT2D eigenvalue weighted by atomic mass is 10.0. The predicted molar refractivity (Wildman–Crippen MR) is 92.3 cm³/mol. The third-order valence-corrected chi connectivity index (χ3v) is 4.83. The number of carbonyl (C=O) groups is 1. The van der Waals surface area contributed by atoms with E-state index in [2.05, 4.69) is 22.1 Å². The zero-order valence-corrected chi connectivity index (χ0v) is 14.3. The summed E-state index contributed by atoms with van der Waals surface area (Å²) < 4.78 is 3.11. The van der Waals surface area contributed by atoms with Gasteiger partial charge in [-0.1, -0.05) is 6.92 Å². The van der Waals surface area contributed by atoms with Gasteiger partial charge < -0.3 is 4.90 Å². The molecule has 0 bridgehead atoms. The van der Waals surface area contributed by atoms with Gasteiger partial charge >= 0.3 is 0 Å². The largest absolute Gasteiger partial charge is 0.341 e. The fourth-order valence-corrected chi connectivity index (χ4v) is 3.56. The fraction of sp³-hybridized carbons (Fsp3) is 0.471. The number of amides is 1. The molecule has 8 heteroatoms. The summed E-state index contributed by atoms with van der Waals surface area (Å²) in [7, 11) is 0. The number of hydrogen-bond acceptors (Lipinski definition) is 5. The van der Waals surface area contributed by atoms with Crippen LogP contribution in [0.1, 0.15) is 25.6 Å². The van der Waals surface area contributed by atoms with Gasteiger partial charge in [-0.2, -0.15) is 0 Å². The number of carbonyl (C=O) groups excluding carboxylic acids is 1. The van der Waals surface area contributed by atoms with Gasteiger partial charge in [0.25, 0.3) is 5.56 Å². The molecule has 0 spiro atoms. The Morgan fingerprint density at radius 2 is 2.16 bits per heavy atom. The van der Waals surface area contributed by atoms with E-state index >= 15 is 0 Å². The third kappa shape index (κ3) is 2.57. The maximum atomic E-state index is 12.9. The Morgan fingerprint density at radius 1 is 1.32 bits per heavy atom. The highest BCUT2D eigenvalue weighted by Crippen LogP contribution is 2.17. The summed E-state index contributed by atoms with van der Waals surface area (Å²) >= 11 is 0. The first-order valence-electron chi connectivity index (χ1n) is 8.53. The molecule has 130 valence electrons. The molecule has 0 N–H and O–H groups in total. The summed E-state index contributed by atoms with van der Waals surface area (Å²) in [6.45, 7) is 5.42. The lowest BCUT2D eigenvalue weighted by Gasteiger charge is -2.31. The van der Waals surface area contributed by atoms with Gasteiger partial charge in [0, 0.05) is 19.3 Å². The average molecular weight is 340 g/mol. The SMILES string of the molecule is Cc1nnc2c(=O)n(CC(=O)N3CCC[C@H](C)C3)c3cccnc3n12. The van der Waals surface area contributed by atoms with Gasteiger partial charge in [0.2, 0.25) is 11.6 Å². The van der Waals surface area contributed by atoms with Gasteiger partial charge in [0.05, 0.1) is 5.52 Å². The van der Waals surface area contributed by atoms with E-state index in [1.807, 2.05) is 4.90 Å². The zero-order valence-electron chi connectivity index (χ0n) is 14.3. The zero-order chi connectivity index (χ0) is 17.6. The van der Waals surface area contributed by atoms with E-state index in [-0.39, 0.29) is 23.7 Å². The Bertz CT molecular complexity index is 1020. The standard InChI is InChI=1S/C17H20N6O2/c1-11-5-4-8-21(9-11)14(24)10-22-13-6-3-7-18-15(13)23-12(2)19-20-16(23)17(22)25/h3,6-7,11H,4-5,8-10H2,1-2H3/t11-/m0/s1. The maximum absolute atomic E-state index is 12.9. The molecule has 0 saturated carbocycles. The molecule has 0 aliphatic carbocycles. The summed E-state index contributed by atoms with van der Waals surface area (Å²) in [6.07, 6.45) is 3.80. The van der Waals surface area contributed by atoms with Crippen molar-refractivity contribution in [3.05, 3.63) is 34.5 Å². The van der Waals surface area contributed by atoms with Crippen LogP contribution >= 0.6 is 0 Å². The van der Waals surface area contributed by atoms with Crippen LogP contribution in [0.3, 0.4) is 0 Å². The molecule has 0 unspecified atom stereocenters. The summed E-state index contributed by atoms with van der Waals surface area (Å²) in [5, 5.41) is 7.97. The molecule has 1 saturated heterocycles. The smallest absolute Gasteiger partial charge is 0.297 e. The second-order valence-electron chi connectivity index (χ2n) is 6.73. The average Bonchev–Trinajstić information content (AvgIpc) is 3.00. The molecule has 1 aliphatic heterocycles. The first-order chi connectivity index (χ1) is 12.1. The van der Waals surface area contributed by atoms with Crippen molar-refractivity contribution >= 4 is 22.7 Å². The summed E-state index contributed by atoms with van der Waals surface area (Å²) in [6, 6.07) is 3.56. The summed E-state index contributed by atoms with van der Waals surface area (Å²) in [5.74, 6) is 1.05. The number of hydrogen-bond donors (Lipinski definition) is 0. The van der Waals surface area contributed by atoms with Crippen LogP contribution in [0.2, 0.25) is 0 Å². The van der Waals surface area contributed by atoms with Gasteiger partial charge in [0.1, 0.15) is 12.4 Å². The predicted octanol–water partition coefficient (Wildman–Crippen LogP) is 1.01. The number of pyridine rings is 1. The van der Waals surface area contributed by atoms with Gasteiger partial charge in [-0.05, 0) is 37.8 Å². The first kappa shape index (κ1) is 15.7. The van der Waals surface area contributed by atoms with Gasteiger partial charge in [-0.25, -0.2) is 4.98 Å². The molecule has 1 amide bonds. The minimum atomic E-state index is -0.320. The van der Waals surface area contributed by atoms with Crippen molar-refractivity contribution in [3.63, 3.8) is 0 Å². The van der Waals surface area contributed by atoms with Gasteiger partial charge in [0.15, 0.2) is 5.65 Å². The molecule has 0 aromatic carbocycles. The van der Waals surface area contributed by atoms with Crippen molar-refractivity contribution in [1.29, 1.82) is 0 Å². The number of rotatable bonds is 2. The maximum Gasteiger partial charge on any atom is 0.297 e. The minimum Gasteiger partial charge on any atom is -0.341 e. The van der Waals surface area contributed by atoms with Crippen LogP contribution in [0.4, 0.5) is 0 Å². The van der Waals surface area contributed by atoms with Crippen LogP contribution in [0.25, 0.3) is 16.8 Å². The van der Waals surface area contributed by atoms with E-state index in [0.717, 1.165) is 25.9 Å². The molecule has 3 aromatic rings. The molecular formula is C17H20N6O2. The molecule has 25 heavy (non-hydrogen) atoms. The molecule has 1 atom stereocenters. The highest BCUT2D eigenvalue weighted by atomic mass is 16.2. The van der Waals surface area contributed by atoms with Crippen molar-refractivity contribution in [2.45, 2.75) is 33.2 Å². The number of aromatic nitrogens is 5. The molecule has 4 rings (SSSR count). The monoisotopic (exact) mass is 340 g/mol. The minimum absolute atomic E-state index is 0.00382. The lowest BCUT2D eigenvalue weighted by Crippen LogP contribution is -2.42. The number of fused-ring (bicyclic) bond motifs is 3. The van der Waals surface area contributed by atoms with E-state index in [1.54, 1.807) is 29.7 Å². The van der Waals surface area contributed by atoms with Crippen LogP contribution in [-0.2, 0) is 11.3 Å². The fourth-order valence-electron chi connectivity index (χ4n) is 3.56. The van der Waals surface area contributed by atoms with Crippen LogP contribution in [0, 0.1) is 12.8 Å². The van der Waals surface area contributed by atoms with E-state index in [1.165, 1.54) is 4.57 Å². The van der Waals surface area contributed by atoms with E-state index < -0.39 is 0 Å². The molecular weight excluding hydrogens is 320 g/mol. The molecule has 3 aromatic heterocycles. The van der Waals surface area contributed by atoms with Crippen molar-refractivity contribution in [2.24, 2.45) is 5.92 Å². The van der Waals surface area contributed by atoms with E-state index in [0.29, 0.717) is 22.9 Å². The molecule has 8 nitrogen and oxygen atoms in total. The quantitative estimate of drug-likeness (QED) is 0.695. The van der Waals surface area contributed by atoms with E-state index in [9.17, 15) is 9.59 Å². The third-order valence-electron chi connectivity index (χ3n) is 4.83. The van der Waals surface area contributed by atoms with Crippen molar-refractivity contribution in [2.75, 3.05) is 13.1 Å². The Labute approximate surface area is 144 Å². The van der Waals surface area contributed by atoms with Crippen molar-refractivity contribution in [1.82, 2.24) is 29.0 Å². The van der Waals surface area contributed by atoms with Crippen molar-refractivity contribution in [3.8, 4) is 0 Å². The topological polar surface area (TPSA) is 85.4 Å². The number of likely N-dealkylation sites (tertiary alicyclic amines) is 1. The summed E-state index contributed by atoms with van der Waals surface area (Å²) in [5.41, 5.74) is 1.07.